The number of halogens is 2. The molecule has 0 saturated heterocycles. The zero-order chi connectivity index (χ0) is 17.1. The van der Waals surface area contributed by atoms with Gasteiger partial charge in [0.2, 0.25) is 0 Å². The molecule has 0 unspecified atom stereocenters. The van der Waals surface area contributed by atoms with Crippen LogP contribution in [0, 0.1) is 11.3 Å². The van der Waals surface area contributed by atoms with Crippen molar-refractivity contribution in [3.63, 3.8) is 0 Å². The first-order chi connectivity index (χ1) is 11.7. The number of fused-ring (bicyclic) bond motifs is 1. The van der Waals surface area contributed by atoms with Gasteiger partial charge < -0.3 is 0 Å². The predicted octanol–water partition coefficient (Wildman–Crippen LogP) is 5.50. The zero-order valence-electron chi connectivity index (χ0n) is 12.7. The molecule has 0 fully saturated rings. The van der Waals surface area contributed by atoms with Gasteiger partial charge in [0.05, 0.1) is 17.5 Å². The molecule has 2 heterocycles. The van der Waals surface area contributed by atoms with E-state index in [1.165, 1.54) is 0 Å². The van der Waals surface area contributed by atoms with Gasteiger partial charge in [-0.25, -0.2) is 4.98 Å². The second-order valence-corrected chi connectivity index (χ2v) is 6.60. The number of pyridine rings is 1. The molecular weight excluding hydrogens is 435 g/mol. The summed E-state index contributed by atoms with van der Waals surface area (Å²) >= 11 is 8.34. The minimum absolute atomic E-state index is 0.510. The molecule has 2 aromatic heterocycles. The Hall–Kier alpha value is -2.17. The largest absolute Gasteiger partial charge is 0.261 e. The molecule has 0 atom stereocenters. The van der Waals surface area contributed by atoms with Crippen LogP contribution in [0.1, 0.15) is 18.1 Å². The number of allylic oxidation sites excluding steroid dienone is 3. The van der Waals surface area contributed by atoms with Crippen molar-refractivity contribution in [3.05, 3.63) is 64.8 Å². The smallest absolute Gasteiger partial charge is 0.156 e. The van der Waals surface area contributed by atoms with Crippen molar-refractivity contribution in [2.45, 2.75) is 6.92 Å². The molecule has 4 nitrogen and oxygen atoms in total. The first kappa shape index (κ1) is 16.7. The Morgan fingerprint density at radius 3 is 2.96 bits per heavy atom. The van der Waals surface area contributed by atoms with E-state index in [1.54, 1.807) is 18.3 Å². The molecule has 0 spiro atoms. The summed E-state index contributed by atoms with van der Waals surface area (Å²) in [4.78, 5) is 4.59. The number of aromatic nitrogens is 3. The van der Waals surface area contributed by atoms with Crippen molar-refractivity contribution in [2.75, 3.05) is 0 Å². The van der Waals surface area contributed by atoms with Crippen LogP contribution in [-0.2, 0) is 0 Å². The summed E-state index contributed by atoms with van der Waals surface area (Å²) in [6, 6.07) is 9.64. The maximum atomic E-state index is 9.80. The van der Waals surface area contributed by atoms with Crippen LogP contribution in [0.25, 0.3) is 25.9 Å². The molecule has 3 rings (SSSR count). The Balaban J connectivity index is 2.38. The van der Waals surface area contributed by atoms with Gasteiger partial charge in [0, 0.05) is 25.1 Å². The highest BCUT2D eigenvalue weighted by Crippen LogP contribution is 2.36. The molecule has 0 aliphatic rings. The number of aromatic amines is 1. The van der Waals surface area contributed by atoms with Crippen LogP contribution in [-0.4, -0.2) is 15.2 Å². The van der Waals surface area contributed by atoms with Crippen LogP contribution in [0.2, 0.25) is 5.02 Å². The second kappa shape index (κ2) is 7.16. The van der Waals surface area contributed by atoms with Gasteiger partial charge in [0.25, 0.3) is 0 Å². The summed E-state index contributed by atoms with van der Waals surface area (Å²) < 4.78 is 0.944. The summed E-state index contributed by atoms with van der Waals surface area (Å²) in [5.74, 6) is 0. The summed E-state index contributed by atoms with van der Waals surface area (Å²) in [6.07, 6.45) is 7.54. The van der Waals surface area contributed by atoms with Gasteiger partial charge in [-0.2, -0.15) is 10.4 Å². The Bertz CT molecular complexity index is 1010. The van der Waals surface area contributed by atoms with Crippen molar-refractivity contribution in [2.24, 2.45) is 0 Å². The molecule has 24 heavy (non-hydrogen) atoms. The van der Waals surface area contributed by atoms with Crippen molar-refractivity contribution in [1.29, 1.82) is 5.26 Å². The SMILES string of the molecule is C/C=C\C=C(/I)c1c(C#N)c(-c2cccc(Cl)c2)nc2[nH]ncc12. The molecule has 0 bridgehead atoms. The van der Waals surface area contributed by atoms with E-state index < -0.39 is 0 Å². The number of hydrogen-bond donors (Lipinski definition) is 1. The van der Waals surface area contributed by atoms with E-state index in [0.29, 0.717) is 21.9 Å². The highest BCUT2D eigenvalue weighted by atomic mass is 127. The standard InChI is InChI=1S/C18H12ClIN4/c1-2-3-7-15(20)16-13(9-21)17(11-5-4-6-12(19)8-11)23-18-14(16)10-22-24-18/h2-8,10H,1H3,(H,22,23,24)/b3-2-,15-7-. The van der Waals surface area contributed by atoms with Crippen molar-refractivity contribution in [1.82, 2.24) is 15.2 Å². The van der Waals surface area contributed by atoms with E-state index in [-0.39, 0.29) is 0 Å². The lowest BCUT2D eigenvalue weighted by Crippen LogP contribution is -1.96. The minimum atomic E-state index is 0.510. The first-order valence-corrected chi connectivity index (χ1v) is 8.63. The van der Waals surface area contributed by atoms with E-state index in [9.17, 15) is 5.26 Å². The van der Waals surface area contributed by atoms with Crippen LogP contribution in [0.5, 0.6) is 0 Å². The molecular formula is C18H12ClIN4. The fraction of sp³-hybridized carbons (Fsp3) is 0.0556. The topological polar surface area (TPSA) is 65.4 Å². The van der Waals surface area contributed by atoms with Crippen LogP contribution < -0.4 is 0 Å². The lowest BCUT2D eigenvalue weighted by Gasteiger charge is -2.10. The van der Waals surface area contributed by atoms with E-state index in [4.69, 9.17) is 11.6 Å². The van der Waals surface area contributed by atoms with E-state index in [2.05, 4.69) is 43.8 Å². The summed E-state index contributed by atoms with van der Waals surface area (Å²) in [6.45, 7) is 1.95. The van der Waals surface area contributed by atoms with Gasteiger partial charge in [-0.15, -0.1) is 0 Å². The monoisotopic (exact) mass is 446 g/mol. The van der Waals surface area contributed by atoms with Crippen molar-refractivity contribution < 1.29 is 0 Å². The third-order valence-corrected chi connectivity index (χ3v) is 4.62. The van der Waals surface area contributed by atoms with Gasteiger partial charge >= 0.3 is 0 Å². The number of nitriles is 1. The number of nitrogens with zero attached hydrogens (tertiary/aromatic N) is 3. The highest BCUT2D eigenvalue weighted by Gasteiger charge is 2.19. The fourth-order valence-electron chi connectivity index (χ4n) is 2.43. The normalized spacial score (nSPS) is 12.0. The van der Waals surface area contributed by atoms with Gasteiger partial charge in [-0.3, -0.25) is 5.10 Å². The molecule has 118 valence electrons. The maximum Gasteiger partial charge on any atom is 0.156 e. The molecule has 0 aliphatic carbocycles. The molecule has 0 saturated carbocycles. The summed E-state index contributed by atoms with van der Waals surface area (Å²) in [5.41, 5.74) is 3.37. The molecule has 0 aliphatic heterocycles. The predicted molar refractivity (Wildman–Crippen MR) is 106 cm³/mol. The van der Waals surface area contributed by atoms with Crippen LogP contribution >= 0.6 is 34.2 Å². The minimum Gasteiger partial charge on any atom is -0.261 e. The summed E-state index contributed by atoms with van der Waals surface area (Å²) in [7, 11) is 0. The fourth-order valence-corrected chi connectivity index (χ4v) is 3.39. The van der Waals surface area contributed by atoms with Crippen LogP contribution in [0.3, 0.4) is 0 Å². The van der Waals surface area contributed by atoms with E-state index >= 15 is 0 Å². The quantitative estimate of drug-likeness (QED) is 0.427. The van der Waals surface area contributed by atoms with Crippen LogP contribution in [0.15, 0.2) is 48.7 Å². The molecule has 1 aromatic carbocycles. The lowest BCUT2D eigenvalue weighted by molar-refractivity contribution is 1.10. The van der Waals surface area contributed by atoms with E-state index in [1.807, 2.05) is 37.3 Å². The lowest BCUT2D eigenvalue weighted by atomic mass is 9.99. The van der Waals surface area contributed by atoms with Gasteiger partial charge in [-0.1, -0.05) is 35.9 Å². The van der Waals surface area contributed by atoms with E-state index in [0.717, 1.165) is 20.1 Å². The third-order valence-electron chi connectivity index (χ3n) is 3.48. The molecule has 1 N–H and O–H groups in total. The summed E-state index contributed by atoms with van der Waals surface area (Å²) in [5, 5.41) is 18.2. The van der Waals surface area contributed by atoms with Crippen molar-refractivity contribution in [3.8, 4) is 17.3 Å². The average molecular weight is 447 g/mol. The third kappa shape index (κ3) is 3.07. The van der Waals surface area contributed by atoms with Crippen molar-refractivity contribution >= 4 is 48.8 Å². The Morgan fingerprint density at radius 2 is 2.25 bits per heavy atom. The maximum absolute atomic E-state index is 9.80. The first-order valence-electron chi connectivity index (χ1n) is 7.17. The van der Waals surface area contributed by atoms with Gasteiger partial charge in [0.1, 0.15) is 6.07 Å². The number of H-pyrrole nitrogens is 1. The molecule has 0 amide bonds. The average Bonchev–Trinajstić information content (AvgIpc) is 3.06. The number of nitrogens with one attached hydrogen (secondary N) is 1. The zero-order valence-corrected chi connectivity index (χ0v) is 15.6. The number of hydrogen-bond acceptors (Lipinski definition) is 3. The Labute approximate surface area is 158 Å². The number of benzene rings is 1. The Kier molecular flexibility index (Phi) is 4.97. The number of rotatable bonds is 3. The second-order valence-electron chi connectivity index (χ2n) is 5.01. The van der Waals surface area contributed by atoms with Gasteiger partial charge in [0.15, 0.2) is 5.65 Å². The van der Waals surface area contributed by atoms with Gasteiger partial charge in [-0.05, 0) is 47.7 Å². The highest BCUT2D eigenvalue weighted by molar-refractivity contribution is 14.1. The molecule has 3 aromatic rings. The molecule has 6 heteroatoms. The van der Waals surface area contributed by atoms with Crippen LogP contribution in [0.4, 0.5) is 0 Å². The Morgan fingerprint density at radius 1 is 1.42 bits per heavy atom. The molecule has 0 radical (unpaired) electrons.